The maximum absolute atomic E-state index is 12.3. The molecule has 0 aromatic heterocycles. The van der Waals surface area contributed by atoms with Crippen LogP contribution in [0, 0.1) is 0 Å². The molecular weight excluding hydrogens is 407 g/mol. The molecule has 0 saturated heterocycles. The van der Waals surface area contributed by atoms with Gasteiger partial charge in [-0.15, -0.1) is 16.0 Å². The number of nitrogens with zero attached hydrogens (tertiary/aromatic N) is 1. The number of unbranched alkanes of at least 4 members (excludes halogenated alkanes) is 2. The zero-order valence-electron chi connectivity index (χ0n) is 15.4. The van der Waals surface area contributed by atoms with Crippen molar-refractivity contribution in [3.63, 3.8) is 0 Å². The average molecular weight is 431 g/mol. The SMILES string of the molecule is CCCCCCl.CN(NC(=O)c1ccccc1Cl)S(=O)(=O)c1ccccc1. The summed E-state index contributed by atoms with van der Waals surface area (Å²) in [6.07, 6.45) is 3.73. The van der Waals surface area contributed by atoms with Crippen LogP contribution in [0.3, 0.4) is 0 Å². The van der Waals surface area contributed by atoms with Crippen molar-refractivity contribution in [3.05, 3.63) is 65.2 Å². The third kappa shape index (κ3) is 7.50. The van der Waals surface area contributed by atoms with Crippen LogP contribution in [0.4, 0.5) is 0 Å². The molecule has 0 aliphatic heterocycles. The zero-order valence-corrected chi connectivity index (χ0v) is 17.7. The Balaban J connectivity index is 0.000000527. The van der Waals surface area contributed by atoms with Gasteiger partial charge in [0.05, 0.1) is 15.5 Å². The van der Waals surface area contributed by atoms with Crippen molar-refractivity contribution in [2.45, 2.75) is 31.1 Å². The molecule has 0 saturated carbocycles. The van der Waals surface area contributed by atoms with Crippen LogP contribution in [-0.4, -0.2) is 31.7 Å². The fraction of sp³-hybridized carbons (Fsp3) is 0.316. The Morgan fingerprint density at radius 3 is 2.15 bits per heavy atom. The molecule has 0 spiro atoms. The minimum absolute atomic E-state index is 0.0898. The highest BCUT2D eigenvalue weighted by Crippen LogP contribution is 2.16. The molecule has 2 rings (SSSR count). The lowest BCUT2D eigenvalue weighted by Gasteiger charge is -2.18. The van der Waals surface area contributed by atoms with E-state index in [1.807, 2.05) is 0 Å². The van der Waals surface area contributed by atoms with Gasteiger partial charge in [0.15, 0.2) is 0 Å². The Hall–Kier alpha value is -1.60. The fourth-order valence-electron chi connectivity index (χ4n) is 2.00. The maximum atomic E-state index is 12.3. The summed E-state index contributed by atoms with van der Waals surface area (Å²) in [7, 11) is -2.54. The summed E-state index contributed by atoms with van der Waals surface area (Å²) < 4.78 is 25.3. The van der Waals surface area contributed by atoms with Gasteiger partial charge in [-0.25, -0.2) is 8.42 Å². The number of carbonyl (C=O) groups excluding carboxylic acids is 1. The van der Waals surface area contributed by atoms with Crippen LogP contribution >= 0.6 is 23.2 Å². The monoisotopic (exact) mass is 430 g/mol. The predicted molar refractivity (Wildman–Crippen MR) is 111 cm³/mol. The number of hydrogen-bond donors (Lipinski definition) is 1. The number of halogens is 2. The van der Waals surface area contributed by atoms with Gasteiger partial charge in [-0.1, -0.05) is 61.7 Å². The van der Waals surface area contributed by atoms with Crippen molar-refractivity contribution < 1.29 is 13.2 Å². The standard InChI is InChI=1S/C14H13ClN2O3S.C5H11Cl/c1-17(21(19,20)11-7-3-2-4-8-11)16-14(18)12-9-5-6-10-13(12)15;1-2-3-4-5-6/h2-10H,1H3,(H,16,18);2-5H2,1H3. The third-order valence-corrected chi connectivity index (χ3v) is 5.79. The first-order valence-electron chi connectivity index (χ1n) is 8.50. The highest BCUT2D eigenvalue weighted by atomic mass is 35.5. The first-order valence-corrected chi connectivity index (χ1v) is 10.8. The number of amides is 1. The minimum atomic E-state index is -3.80. The second kappa shape index (κ2) is 12.0. The quantitative estimate of drug-likeness (QED) is 0.392. The van der Waals surface area contributed by atoms with Gasteiger partial charge < -0.3 is 0 Å². The summed E-state index contributed by atoms with van der Waals surface area (Å²) in [6.45, 7) is 2.17. The Bertz CT molecular complexity index is 811. The Morgan fingerprint density at radius 2 is 1.63 bits per heavy atom. The molecule has 0 heterocycles. The van der Waals surface area contributed by atoms with Gasteiger partial charge in [0.25, 0.3) is 15.9 Å². The second-order valence-corrected chi connectivity index (χ2v) is 8.36. The van der Waals surface area contributed by atoms with E-state index in [0.29, 0.717) is 0 Å². The van der Waals surface area contributed by atoms with Gasteiger partial charge in [0.2, 0.25) is 0 Å². The minimum Gasteiger partial charge on any atom is -0.271 e. The molecule has 148 valence electrons. The molecule has 0 atom stereocenters. The van der Waals surface area contributed by atoms with Crippen molar-refractivity contribution in [1.82, 2.24) is 9.84 Å². The summed E-state index contributed by atoms with van der Waals surface area (Å²) in [6, 6.07) is 14.2. The number of nitrogens with one attached hydrogen (secondary N) is 1. The number of hydrazine groups is 1. The van der Waals surface area contributed by atoms with Gasteiger partial charge in [-0.05, 0) is 30.7 Å². The van der Waals surface area contributed by atoms with Gasteiger partial charge in [0, 0.05) is 12.9 Å². The van der Waals surface area contributed by atoms with E-state index in [2.05, 4.69) is 12.3 Å². The molecular formula is C19H24Cl2N2O3S. The lowest BCUT2D eigenvalue weighted by atomic mass is 10.2. The molecule has 0 aliphatic carbocycles. The first kappa shape index (κ1) is 23.4. The summed E-state index contributed by atoms with van der Waals surface area (Å²) in [5.41, 5.74) is 2.50. The molecule has 1 N–H and O–H groups in total. The Kier molecular flexibility index (Phi) is 10.4. The second-order valence-electron chi connectivity index (χ2n) is 5.60. The molecule has 27 heavy (non-hydrogen) atoms. The number of benzene rings is 2. The highest BCUT2D eigenvalue weighted by molar-refractivity contribution is 7.89. The molecule has 8 heteroatoms. The lowest BCUT2D eigenvalue weighted by molar-refractivity contribution is 0.0893. The molecule has 1 amide bonds. The third-order valence-electron chi connectivity index (χ3n) is 3.52. The maximum Gasteiger partial charge on any atom is 0.267 e. The molecule has 2 aromatic rings. The van der Waals surface area contributed by atoms with E-state index in [-0.39, 0.29) is 15.5 Å². The van der Waals surface area contributed by atoms with Gasteiger partial charge >= 0.3 is 0 Å². The van der Waals surface area contributed by atoms with Crippen LogP contribution in [0.1, 0.15) is 36.5 Å². The summed E-state index contributed by atoms with van der Waals surface area (Å²) in [5, 5.41) is 0.250. The predicted octanol–water partition coefficient (Wildman–Crippen LogP) is 4.72. The van der Waals surface area contributed by atoms with Crippen molar-refractivity contribution in [2.24, 2.45) is 0 Å². The number of sulfonamides is 1. The van der Waals surface area contributed by atoms with Crippen molar-refractivity contribution >= 4 is 39.1 Å². The number of hydrogen-bond acceptors (Lipinski definition) is 3. The Labute approximate surface area is 171 Å². The van der Waals surface area contributed by atoms with E-state index in [0.717, 1.165) is 10.3 Å². The molecule has 2 aromatic carbocycles. The van der Waals surface area contributed by atoms with Crippen molar-refractivity contribution in [3.8, 4) is 0 Å². The molecule has 0 unspecified atom stereocenters. The first-order chi connectivity index (χ1) is 12.8. The molecule has 0 radical (unpaired) electrons. The molecule has 5 nitrogen and oxygen atoms in total. The molecule has 0 bridgehead atoms. The van der Waals surface area contributed by atoms with E-state index in [1.165, 1.54) is 44.5 Å². The van der Waals surface area contributed by atoms with Crippen LogP contribution in [0.15, 0.2) is 59.5 Å². The van der Waals surface area contributed by atoms with E-state index in [4.69, 9.17) is 23.2 Å². The number of rotatable bonds is 7. The van der Waals surface area contributed by atoms with Crippen LogP contribution in [0.25, 0.3) is 0 Å². The zero-order chi connectivity index (χ0) is 20.3. The fourth-order valence-corrected chi connectivity index (χ4v) is 3.43. The van der Waals surface area contributed by atoms with E-state index in [9.17, 15) is 13.2 Å². The topological polar surface area (TPSA) is 66.5 Å². The number of carbonyl (C=O) groups is 1. The van der Waals surface area contributed by atoms with Gasteiger partial charge in [-0.2, -0.15) is 0 Å². The van der Waals surface area contributed by atoms with Crippen LogP contribution < -0.4 is 5.43 Å². The number of alkyl halides is 1. The normalized spacial score (nSPS) is 10.9. The molecule has 0 fully saturated rings. The van der Waals surface area contributed by atoms with Crippen LogP contribution in [0.5, 0.6) is 0 Å². The largest absolute Gasteiger partial charge is 0.271 e. The highest BCUT2D eigenvalue weighted by Gasteiger charge is 2.23. The van der Waals surface area contributed by atoms with Crippen LogP contribution in [0.2, 0.25) is 5.02 Å². The van der Waals surface area contributed by atoms with Gasteiger partial charge in [-0.3, -0.25) is 10.2 Å². The lowest BCUT2D eigenvalue weighted by Crippen LogP contribution is -2.43. The molecule has 0 aliphatic rings. The van der Waals surface area contributed by atoms with Crippen LogP contribution in [-0.2, 0) is 10.0 Å². The van der Waals surface area contributed by atoms with E-state index in [1.54, 1.807) is 36.4 Å². The summed E-state index contributed by atoms with van der Waals surface area (Å²) >= 11 is 11.3. The van der Waals surface area contributed by atoms with E-state index < -0.39 is 15.9 Å². The van der Waals surface area contributed by atoms with Gasteiger partial charge in [0.1, 0.15) is 0 Å². The average Bonchev–Trinajstić information content (AvgIpc) is 2.67. The summed E-state index contributed by atoms with van der Waals surface area (Å²) in [4.78, 5) is 12.1. The smallest absolute Gasteiger partial charge is 0.267 e. The van der Waals surface area contributed by atoms with Crippen molar-refractivity contribution in [1.29, 1.82) is 0 Å². The van der Waals surface area contributed by atoms with Crippen molar-refractivity contribution in [2.75, 3.05) is 12.9 Å². The van der Waals surface area contributed by atoms with E-state index >= 15 is 0 Å². The Morgan fingerprint density at radius 1 is 1.04 bits per heavy atom. The summed E-state index contributed by atoms with van der Waals surface area (Å²) in [5.74, 6) is 0.232.